The Morgan fingerprint density at radius 1 is 1.24 bits per heavy atom. The maximum absolute atomic E-state index is 5.39. The van der Waals surface area contributed by atoms with Crippen LogP contribution in [0.2, 0.25) is 0 Å². The van der Waals surface area contributed by atoms with E-state index in [2.05, 4.69) is 38.2 Å². The summed E-state index contributed by atoms with van der Waals surface area (Å²) in [7, 11) is 0. The molecule has 1 aromatic rings. The van der Waals surface area contributed by atoms with E-state index in [-0.39, 0.29) is 0 Å². The highest BCUT2D eigenvalue weighted by Crippen LogP contribution is 2.32. The number of fused-ring (bicyclic) bond motifs is 1. The van der Waals surface area contributed by atoms with Crippen LogP contribution in [0, 0.1) is 0 Å². The topological polar surface area (TPSA) is 30.5 Å². The van der Waals surface area contributed by atoms with E-state index >= 15 is 0 Å². The van der Waals surface area contributed by atoms with E-state index in [4.69, 9.17) is 9.47 Å². The van der Waals surface area contributed by atoms with Crippen molar-refractivity contribution in [1.29, 1.82) is 0 Å². The lowest BCUT2D eigenvalue weighted by molar-refractivity contribution is 0.174. The first-order valence-corrected chi connectivity index (χ1v) is 6.33. The fraction of sp³-hybridized carbons (Fsp3) is 0.571. The number of hydrogen-bond donors (Lipinski definition) is 1. The van der Waals surface area contributed by atoms with Gasteiger partial charge in [0.05, 0.1) is 0 Å². The first kappa shape index (κ1) is 12.2. The quantitative estimate of drug-likeness (QED) is 0.851. The molecule has 2 rings (SSSR count). The van der Waals surface area contributed by atoms with Gasteiger partial charge < -0.3 is 14.8 Å². The highest BCUT2D eigenvalue weighted by atomic mass is 16.7. The number of benzene rings is 1. The molecule has 0 bridgehead atoms. The molecule has 1 aliphatic rings. The molecule has 1 unspecified atom stereocenters. The molecule has 1 aromatic carbocycles. The third-order valence-corrected chi connectivity index (χ3v) is 2.98. The summed E-state index contributed by atoms with van der Waals surface area (Å²) in [6.07, 6.45) is 2.16. The number of ether oxygens (including phenoxy) is 2. The highest BCUT2D eigenvalue weighted by Gasteiger charge is 2.15. The van der Waals surface area contributed by atoms with Crippen molar-refractivity contribution >= 4 is 0 Å². The molecule has 1 N–H and O–H groups in total. The Kier molecular flexibility index (Phi) is 3.89. The van der Waals surface area contributed by atoms with Crippen molar-refractivity contribution in [3.63, 3.8) is 0 Å². The fourth-order valence-electron chi connectivity index (χ4n) is 2.14. The summed E-state index contributed by atoms with van der Waals surface area (Å²) in [4.78, 5) is 0. The molecule has 0 fully saturated rings. The number of hydrogen-bond acceptors (Lipinski definition) is 3. The minimum absolute atomic E-state index is 0.347. The van der Waals surface area contributed by atoms with Crippen molar-refractivity contribution in [2.24, 2.45) is 0 Å². The Bertz CT molecular complexity index is 376. The van der Waals surface area contributed by atoms with Crippen molar-refractivity contribution in [3.05, 3.63) is 23.8 Å². The smallest absolute Gasteiger partial charge is 0.231 e. The Balaban J connectivity index is 2.02. The van der Waals surface area contributed by atoms with Gasteiger partial charge in [-0.2, -0.15) is 0 Å². The molecule has 1 heterocycles. The Hall–Kier alpha value is -1.22. The summed E-state index contributed by atoms with van der Waals surface area (Å²) in [5.74, 6) is 1.74. The summed E-state index contributed by atoms with van der Waals surface area (Å²) < 4.78 is 10.7. The van der Waals surface area contributed by atoms with Crippen LogP contribution in [0.3, 0.4) is 0 Å². The number of rotatable bonds is 5. The van der Waals surface area contributed by atoms with Crippen molar-refractivity contribution < 1.29 is 9.47 Å². The maximum Gasteiger partial charge on any atom is 0.231 e. The molecule has 0 radical (unpaired) electrons. The molecule has 0 aromatic heterocycles. The minimum Gasteiger partial charge on any atom is -0.454 e. The zero-order valence-electron chi connectivity index (χ0n) is 10.8. The lowest BCUT2D eigenvalue weighted by atomic mass is 10.0. The van der Waals surface area contributed by atoms with Gasteiger partial charge in [0.1, 0.15) is 0 Å². The standard InChI is InChI=1S/C14H21NO2/c1-4-12(15-10(2)3)7-11-5-6-13-14(8-11)17-9-16-13/h5-6,8,10,12,15H,4,7,9H2,1-3H3. The first-order valence-electron chi connectivity index (χ1n) is 6.33. The monoisotopic (exact) mass is 235 g/mol. The molecule has 3 heteroatoms. The third kappa shape index (κ3) is 3.13. The summed E-state index contributed by atoms with van der Waals surface area (Å²) in [5, 5.41) is 3.57. The van der Waals surface area contributed by atoms with E-state index in [9.17, 15) is 0 Å². The highest BCUT2D eigenvalue weighted by molar-refractivity contribution is 5.44. The van der Waals surface area contributed by atoms with Gasteiger partial charge in [-0.05, 0) is 30.5 Å². The van der Waals surface area contributed by atoms with Gasteiger partial charge in [-0.1, -0.05) is 26.8 Å². The molecular weight excluding hydrogens is 214 g/mol. The molecule has 94 valence electrons. The van der Waals surface area contributed by atoms with E-state index in [0.717, 1.165) is 24.3 Å². The van der Waals surface area contributed by atoms with Gasteiger partial charge in [0.15, 0.2) is 11.5 Å². The molecule has 0 aliphatic carbocycles. The van der Waals surface area contributed by atoms with Crippen LogP contribution < -0.4 is 14.8 Å². The van der Waals surface area contributed by atoms with Crippen LogP contribution in [-0.4, -0.2) is 18.9 Å². The molecule has 0 saturated heterocycles. The summed E-state index contributed by atoms with van der Waals surface area (Å²) in [5.41, 5.74) is 1.30. The second-order valence-corrected chi connectivity index (χ2v) is 4.82. The van der Waals surface area contributed by atoms with Crippen LogP contribution in [0.15, 0.2) is 18.2 Å². The van der Waals surface area contributed by atoms with E-state index in [1.165, 1.54) is 5.56 Å². The zero-order valence-corrected chi connectivity index (χ0v) is 10.8. The number of nitrogens with one attached hydrogen (secondary N) is 1. The Morgan fingerprint density at radius 3 is 2.71 bits per heavy atom. The first-order chi connectivity index (χ1) is 8.19. The second-order valence-electron chi connectivity index (χ2n) is 4.82. The molecular formula is C14H21NO2. The molecule has 0 amide bonds. The molecule has 0 saturated carbocycles. The molecule has 1 aliphatic heterocycles. The third-order valence-electron chi connectivity index (χ3n) is 2.98. The lowest BCUT2D eigenvalue weighted by Gasteiger charge is -2.19. The van der Waals surface area contributed by atoms with Gasteiger partial charge in [0.25, 0.3) is 0 Å². The van der Waals surface area contributed by atoms with Crippen LogP contribution in [0.25, 0.3) is 0 Å². The minimum atomic E-state index is 0.347. The largest absolute Gasteiger partial charge is 0.454 e. The van der Waals surface area contributed by atoms with Gasteiger partial charge in [-0.25, -0.2) is 0 Å². The van der Waals surface area contributed by atoms with Gasteiger partial charge in [0.2, 0.25) is 6.79 Å². The SMILES string of the molecule is CCC(Cc1ccc2c(c1)OCO2)NC(C)C. The van der Waals surface area contributed by atoms with Gasteiger partial charge in [-0.3, -0.25) is 0 Å². The lowest BCUT2D eigenvalue weighted by Crippen LogP contribution is -2.35. The Labute approximate surface area is 103 Å². The summed E-state index contributed by atoms with van der Waals surface area (Å²) in [6.45, 7) is 6.93. The average molecular weight is 235 g/mol. The van der Waals surface area contributed by atoms with E-state index in [1.807, 2.05) is 6.07 Å². The van der Waals surface area contributed by atoms with E-state index in [0.29, 0.717) is 18.9 Å². The van der Waals surface area contributed by atoms with Gasteiger partial charge in [0, 0.05) is 12.1 Å². The van der Waals surface area contributed by atoms with Gasteiger partial charge >= 0.3 is 0 Å². The van der Waals surface area contributed by atoms with Crippen LogP contribution in [0.4, 0.5) is 0 Å². The van der Waals surface area contributed by atoms with Crippen LogP contribution in [0.5, 0.6) is 11.5 Å². The molecule has 3 nitrogen and oxygen atoms in total. The van der Waals surface area contributed by atoms with Gasteiger partial charge in [-0.15, -0.1) is 0 Å². The normalized spacial score (nSPS) is 15.3. The predicted octanol–water partition coefficient (Wildman–Crippen LogP) is 2.73. The predicted molar refractivity (Wildman–Crippen MR) is 68.6 cm³/mol. The molecule has 0 spiro atoms. The zero-order chi connectivity index (χ0) is 12.3. The average Bonchev–Trinajstić information content (AvgIpc) is 2.74. The molecule has 1 atom stereocenters. The van der Waals surface area contributed by atoms with Crippen molar-refractivity contribution in [2.75, 3.05) is 6.79 Å². The Morgan fingerprint density at radius 2 is 2.00 bits per heavy atom. The van der Waals surface area contributed by atoms with Crippen LogP contribution in [0.1, 0.15) is 32.8 Å². The second kappa shape index (κ2) is 5.41. The van der Waals surface area contributed by atoms with Crippen molar-refractivity contribution in [3.8, 4) is 11.5 Å². The molecule has 17 heavy (non-hydrogen) atoms. The van der Waals surface area contributed by atoms with E-state index < -0.39 is 0 Å². The summed E-state index contributed by atoms with van der Waals surface area (Å²) >= 11 is 0. The fourth-order valence-corrected chi connectivity index (χ4v) is 2.14. The summed E-state index contributed by atoms with van der Waals surface area (Å²) in [6, 6.07) is 7.26. The van der Waals surface area contributed by atoms with Crippen molar-refractivity contribution in [2.45, 2.75) is 45.7 Å². The van der Waals surface area contributed by atoms with Crippen molar-refractivity contribution in [1.82, 2.24) is 5.32 Å². The maximum atomic E-state index is 5.39. The van der Waals surface area contributed by atoms with Crippen LogP contribution >= 0.6 is 0 Å². The van der Waals surface area contributed by atoms with E-state index in [1.54, 1.807) is 0 Å². The van der Waals surface area contributed by atoms with Crippen LogP contribution in [-0.2, 0) is 6.42 Å².